The summed E-state index contributed by atoms with van der Waals surface area (Å²) in [4.78, 5) is 27.4. The molecule has 0 aliphatic carbocycles. The Labute approximate surface area is 125 Å². The summed E-state index contributed by atoms with van der Waals surface area (Å²) in [6, 6.07) is 10.1. The molecule has 0 bridgehead atoms. The zero-order valence-corrected chi connectivity index (χ0v) is 12.4. The highest BCUT2D eigenvalue weighted by atomic mass is 79.9. The number of hydrogen-bond donors (Lipinski definition) is 1. The number of hydrogen-bond acceptors (Lipinski definition) is 4. The van der Waals surface area contributed by atoms with E-state index in [9.17, 15) is 9.59 Å². The van der Waals surface area contributed by atoms with Gasteiger partial charge in [0, 0.05) is 27.5 Å². The van der Waals surface area contributed by atoms with Gasteiger partial charge in [-0.25, -0.2) is 4.98 Å². The smallest absolute Gasteiger partial charge is 0.268 e. The Morgan fingerprint density at radius 3 is 2.60 bits per heavy atom. The number of aromatic nitrogens is 3. The number of rotatable bonds is 2. The minimum absolute atomic E-state index is 0.318. The van der Waals surface area contributed by atoms with Crippen LogP contribution in [0.5, 0.6) is 0 Å². The predicted molar refractivity (Wildman–Crippen MR) is 81.5 cm³/mol. The highest BCUT2D eigenvalue weighted by Crippen LogP contribution is 2.24. The molecule has 2 heterocycles. The zero-order valence-electron chi connectivity index (χ0n) is 10.0. The third-order valence-electron chi connectivity index (χ3n) is 2.64. The van der Waals surface area contributed by atoms with Crippen LogP contribution in [0.1, 0.15) is 0 Å². The summed E-state index contributed by atoms with van der Waals surface area (Å²) in [7, 11) is 0. The molecule has 5 nitrogen and oxygen atoms in total. The number of H-pyrrole nitrogens is 1. The fourth-order valence-electron chi connectivity index (χ4n) is 1.69. The number of thiazole rings is 1. The molecule has 0 fully saturated rings. The first-order valence-corrected chi connectivity index (χ1v) is 7.35. The maximum Gasteiger partial charge on any atom is 0.272 e. The van der Waals surface area contributed by atoms with Crippen LogP contribution in [0.25, 0.3) is 16.4 Å². The van der Waals surface area contributed by atoms with Crippen LogP contribution >= 0.6 is 27.3 Å². The van der Waals surface area contributed by atoms with Gasteiger partial charge in [-0.05, 0) is 12.1 Å². The van der Waals surface area contributed by atoms with Crippen molar-refractivity contribution in [2.45, 2.75) is 0 Å². The van der Waals surface area contributed by atoms with Gasteiger partial charge < -0.3 is 0 Å². The average molecular weight is 350 g/mol. The molecule has 3 rings (SSSR count). The van der Waals surface area contributed by atoms with E-state index in [1.54, 1.807) is 0 Å². The van der Waals surface area contributed by atoms with Crippen molar-refractivity contribution in [3.63, 3.8) is 0 Å². The summed E-state index contributed by atoms with van der Waals surface area (Å²) in [6.45, 7) is 0. The van der Waals surface area contributed by atoms with Crippen molar-refractivity contribution >= 4 is 27.3 Å². The summed E-state index contributed by atoms with van der Waals surface area (Å²) < 4.78 is 2.13. The molecule has 0 amide bonds. The van der Waals surface area contributed by atoms with Gasteiger partial charge >= 0.3 is 0 Å². The maximum absolute atomic E-state index is 11.7. The van der Waals surface area contributed by atoms with E-state index in [4.69, 9.17) is 0 Å². The number of aromatic amines is 1. The monoisotopic (exact) mass is 349 g/mol. The molecule has 0 spiro atoms. The van der Waals surface area contributed by atoms with Crippen molar-refractivity contribution in [2.75, 3.05) is 0 Å². The third kappa shape index (κ3) is 2.50. The van der Waals surface area contributed by atoms with E-state index >= 15 is 0 Å². The number of nitrogens with zero attached hydrogens (tertiary/aromatic N) is 2. The summed E-state index contributed by atoms with van der Waals surface area (Å²) in [6.07, 6.45) is 0. The fraction of sp³-hybridized carbons (Fsp3) is 0. The van der Waals surface area contributed by atoms with E-state index in [-0.39, 0.29) is 11.1 Å². The molecule has 3 aromatic rings. The molecule has 2 aromatic heterocycles. The molecule has 20 heavy (non-hydrogen) atoms. The van der Waals surface area contributed by atoms with E-state index in [0.717, 1.165) is 20.4 Å². The molecule has 0 saturated carbocycles. The molecule has 0 aliphatic rings. The quantitative estimate of drug-likeness (QED) is 0.772. The van der Waals surface area contributed by atoms with E-state index in [2.05, 4.69) is 26.0 Å². The lowest BCUT2D eigenvalue weighted by Crippen LogP contribution is -2.26. The van der Waals surface area contributed by atoms with E-state index in [1.165, 1.54) is 23.5 Å². The second-order valence-electron chi connectivity index (χ2n) is 4.01. The van der Waals surface area contributed by atoms with Crippen molar-refractivity contribution in [2.24, 2.45) is 0 Å². The van der Waals surface area contributed by atoms with Crippen LogP contribution in [-0.4, -0.2) is 14.8 Å². The second kappa shape index (κ2) is 5.18. The molecule has 7 heteroatoms. The maximum atomic E-state index is 11.7. The second-order valence-corrected chi connectivity index (χ2v) is 5.76. The lowest BCUT2D eigenvalue weighted by molar-refractivity contribution is 0.780. The van der Waals surface area contributed by atoms with Crippen molar-refractivity contribution < 1.29 is 0 Å². The van der Waals surface area contributed by atoms with Crippen LogP contribution in [0.2, 0.25) is 0 Å². The Hall–Kier alpha value is -1.99. The van der Waals surface area contributed by atoms with E-state index < -0.39 is 0 Å². The average Bonchev–Trinajstić information content (AvgIpc) is 2.92. The lowest BCUT2D eigenvalue weighted by atomic mass is 10.2. The number of halogens is 1. The first-order chi connectivity index (χ1) is 9.63. The Kier molecular flexibility index (Phi) is 3.37. The SMILES string of the molecule is O=c1ccc(=O)n(-c2nc(-c3ccc(Br)cc3)cs2)[nH]1. The Bertz CT molecular complexity index is 864. The molecule has 0 atom stereocenters. The molecule has 100 valence electrons. The zero-order chi connectivity index (χ0) is 14.1. The predicted octanol–water partition coefficient (Wildman–Crippen LogP) is 2.41. The van der Waals surface area contributed by atoms with Gasteiger partial charge in [0.05, 0.1) is 5.69 Å². The molecule has 0 aliphatic heterocycles. The standard InChI is InChI=1S/C13H8BrN3O2S/c14-9-3-1-8(2-4-9)10-7-20-13(15-10)17-12(19)6-5-11(18)16-17/h1-7H,(H,16,18). The van der Waals surface area contributed by atoms with E-state index in [1.807, 2.05) is 29.6 Å². The fourth-order valence-corrected chi connectivity index (χ4v) is 2.75. The van der Waals surface area contributed by atoms with Gasteiger partial charge in [-0.2, -0.15) is 4.68 Å². The van der Waals surface area contributed by atoms with Gasteiger partial charge in [-0.1, -0.05) is 28.1 Å². The van der Waals surface area contributed by atoms with Crippen LogP contribution in [0.3, 0.4) is 0 Å². The molecular formula is C13H8BrN3O2S. The topological polar surface area (TPSA) is 67.8 Å². The largest absolute Gasteiger partial charge is 0.272 e. The molecular weight excluding hydrogens is 342 g/mol. The lowest BCUT2D eigenvalue weighted by Gasteiger charge is -1.99. The Morgan fingerprint density at radius 1 is 1.10 bits per heavy atom. The van der Waals surface area contributed by atoms with Crippen LogP contribution in [0.15, 0.2) is 55.8 Å². The highest BCUT2D eigenvalue weighted by Gasteiger charge is 2.08. The van der Waals surface area contributed by atoms with Crippen LogP contribution in [0.4, 0.5) is 0 Å². The Morgan fingerprint density at radius 2 is 1.85 bits per heavy atom. The number of nitrogens with one attached hydrogen (secondary N) is 1. The van der Waals surface area contributed by atoms with Crippen molar-refractivity contribution in [1.29, 1.82) is 0 Å². The van der Waals surface area contributed by atoms with Crippen molar-refractivity contribution in [3.05, 3.63) is 67.0 Å². The van der Waals surface area contributed by atoms with Gasteiger partial charge in [0.1, 0.15) is 0 Å². The summed E-state index contributed by atoms with van der Waals surface area (Å²) in [5, 5.41) is 4.73. The van der Waals surface area contributed by atoms with Gasteiger partial charge in [0.2, 0.25) is 5.13 Å². The summed E-state index contributed by atoms with van der Waals surface area (Å²) in [5.74, 6) is 0. The molecule has 1 N–H and O–H groups in total. The Balaban J connectivity index is 2.06. The van der Waals surface area contributed by atoms with Crippen LogP contribution < -0.4 is 11.1 Å². The van der Waals surface area contributed by atoms with Crippen LogP contribution in [0, 0.1) is 0 Å². The number of benzene rings is 1. The van der Waals surface area contributed by atoms with Gasteiger partial charge in [-0.15, -0.1) is 11.3 Å². The minimum atomic E-state index is -0.343. The molecule has 0 saturated heterocycles. The molecule has 0 radical (unpaired) electrons. The normalized spacial score (nSPS) is 10.7. The first kappa shape index (κ1) is 13.0. The van der Waals surface area contributed by atoms with Crippen molar-refractivity contribution in [1.82, 2.24) is 14.8 Å². The minimum Gasteiger partial charge on any atom is -0.268 e. The van der Waals surface area contributed by atoms with Gasteiger partial charge in [0.15, 0.2) is 0 Å². The van der Waals surface area contributed by atoms with E-state index in [0.29, 0.717) is 5.13 Å². The van der Waals surface area contributed by atoms with Crippen LogP contribution in [-0.2, 0) is 0 Å². The summed E-state index contributed by atoms with van der Waals surface area (Å²) in [5.41, 5.74) is 1.04. The third-order valence-corrected chi connectivity index (χ3v) is 4.00. The van der Waals surface area contributed by atoms with Gasteiger partial charge in [-0.3, -0.25) is 14.7 Å². The first-order valence-electron chi connectivity index (χ1n) is 5.68. The molecule has 0 unspecified atom stereocenters. The summed E-state index contributed by atoms with van der Waals surface area (Å²) >= 11 is 4.67. The molecule has 1 aromatic carbocycles. The van der Waals surface area contributed by atoms with Crippen molar-refractivity contribution in [3.8, 4) is 16.4 Å². The van der Waals surface area contributed by atoms with Gasteiger partial charge in [0.25, 0.3) is 11.1 Å². The highest BCUT2D eigenvalue weighted by molar-refractivity contribution is 9.10.